The fourth-order valence-electron chi connectivity index (χ4n) is 3.92. The summed E-state index contributed by atoms with van der Waals surface area (Å²) in [4.78, 5) is 28.4. The lowest BCUT2D eigenvalue weighted by Gasteiger charge is -2.34. The summed E-state index contributed by atoms with van der Waals surface area (Å²) in [5.41, 5.74) is 3.57. The molecule has 29 heavy (non-hydrogen) atoms. The van der Waals surface area contributed by atoms with Crippen LogP contribution < -0.4 is 4.74 Å². The maximum atomic E-state index is 12.9. The molecule has 0 radical (unpaired) electrons. The van der Waals surface area contributed by atoms with Crippen LogP contribution in [0.1, 0.15) is 16.3 Å². The maximum absolute atomic E-state index is 12.9. The Hall–Kier alpha value is -3.32. The number of benzene rings is 2. The molecule has 1 saturated heterocycles. The molecule has 4 aromatic rings. The molecule has 7 nitrogen and oxygen atoms in total. The first-order valence-electron chi connectivity index (χ1n) is 9.81. The monoisotopic (exact) mass is 389 g/mol. The minimum atomic E-state index is 0.0664. The van der Waals surface area contributed by atoms with Crippen LogP contribution in [-0.2, 0) is 6.54 Å². The number of piperazine rings is 1. The Balaban J connectivity index is 1.22. The molecule has 1 amide bonds. The van der Waals surface area contributed by atoms with Gasteiger partial charge in [0.25, 0.3) is 5.91 Å². The normalized spacial score (nSPS) is 15.3. The molecule has 1 fully saturated rings. The van der Waals surface area contributed by atoms with Gasteiger partial charge in [-0.3, -0.25) is 9.69 Å². The number of carbonyl (C=O) groups excluding carboxylic acids is 1. The molecule has 7 heteroatoms. The zero-order chi connectivity index (χ0) is 19.8. The Labute approximate surface area is 168 Å². The molecule has 0 spiro atoms. The third-order valence-electron chi connectivity index (χ3n) is 5.53. The van der Waals surface area contributed by atoms with Gasteiger partial charge in [0.2, 0.25) is 0 Å². The van der Waals surface area contributed by atoms with Crippen LogP contribution in [0.4, 0.5) is 0 Å². The van der Waals surface area contributed by atoms with Crippen molar-refractivity contribution in [2.45, 2.75) is 6.54 Å². The summed E-state index contributed by atoms with van der Waals surface area (Å²) in [6.45, 7) is 3.81. The molecule has 5 rings (SSSR count). The number of aromatic amines is 2. The minimum absolute atomic E-state index is 0.0664. The van der Waals surface area contributed by atoms with E-state index in [-0.39, 0.29) is 5.91 Å². The van der Waals surface area contributed by atoms with E-state index in [0.29, 0.717) is 18.8 Å². The fraction of sp³-hybridized carbons (Fsp3) is 0.273. The molecular weight excluding hydrogens is 366 g/mol. The second-order valence-corrected chi connectivity index (χ2v) is 7.41. The Morgan fingerprint density at radius 3 is 2.66 bits per heavy atom. The number of ether oxygens (including phenoxy) is 1. The van der Waals surface area contributed by atoms with Gasteiger partial charge in [0, 0.05) is 43.1 Å². The number of amides is 1. The van der Waals surface area contributed by atoms with Crippen molar-refractivity contribution in [3.63, 3.8) is 0 Å². The molecule has 0 bridgehead atoms. The van der Waals surface area contributed by atoms with E-state index in [1.54, 1.807) is 7.11 Å². The number of nitrogens with zero attached hydrogens (tertiary/aromatic N) is 3. The number of para-hydroxylation sites is 1. The van der Waals surface area contributed by atoms with Crippen molar-refractivity contribution in [2.24, 2.45) is 0 Å². The highest BCUT2D eigenvalue weighted by molar-refractivity contribution is 5.98. The van der Waals surface area contributed by atoms with Crippen LogP contribution in [-0.4, -0.2) is 63.9 Å². The molecule has 1 aliphatic rings. The van der Waals surface area contributed by atoms with Crippen molar-refractivity contribution in [3.8, 4) is 5.75 Å². The molecule has 2 N–H and O–H groups in total. The minimum Gasteiger partial charge on any atom is -0.497 e. The first-order chi connectivity index (χ1) is 14.2. The second kappa shape index (κ2) is 7.25. The van der Waals surface area contributed by atoms with Crippen molar-refractivity contribution >= 4 is 27.8 Å². The molecule has 0 unspecified atom stereocenters. The highest BCUT2D eigenvalue weighted by Crippen LogP contribution is 2.20. The van der Waals surface area contributed by atoms with E-state index in [9.17, 15) is 4.79 Å². The van der Waals surface area contributed by atoms with E-state index < -0.39 is 0 Å². The van der Waals surface area contributed by atoms with Crippen LogP contribution in [0.15, 0.2) is 48.5 Å². The molecule has 2 aromatic carbocycles. The summed E-state index contributed by atoms with van der Waals surface area (Å²) in [7, 11) is 1.66. The van der Waals surface area contributed by atoms with Crippen molar-refractivity contribution in [3.05, 3.63) is 60.0 Å². The standard InChI is InChI=1S/C22H23N5O2/c1-29-16-6-7-18-19(13-16)25-21(24-18)14-26-8-10-27(11-9-26)22(28)20-12-15-4-2-3-5-17(15)23-20/h2-7,12-13,23H,8-11,14H2,1H3,(H,24,25). The fourth-order valence-corrected chi connectivity index (χ4v) is 3.92. The van der Waals surface area contributed by atoms with Crippen LogP contribution >= 0.6 is 0 Å². The van der Waals surface area contributed by atoms with Gasteiger partial charge in [0.15, 0.2) is 0 Å². The Morgan fingerprint density at radius 1 is 1.03 bits per heavy atom. The van der Waals surface area contributed by atoms with Crippen LogP contribution in [0, 0.1) is 0 Å². The average Bonchev–Trinajstić information content (AvgIpc) is 3.36. The summed E-state index contributed by atoms with van der Waals surface area (Å²) in [6, 6.07) is 15.7. The maximum Gasteiger partial charge on any atom is 0.270 e. The predicted octanol–water partition coefficient (Wildman–Crippen LogP) is 3.01. The number of carbonyl (C=O) groups is 1. The van der Waals surface area contributed by atoms with Gasteiger partial charge in [-0.2, -0.15) is 0 Å². The molecule has 0 aliphatic carbocycles. The highest BCUT2D eigenvalue weighted by Gasteiger charge is 2.23. The quantitative estimate of drug-likeness (QED) is 0.563. The highest BCUT2D eigenvalue weighted by atomic mass is 16.5. The number of imidazole rings is 1. The first kappa shape index (κ1) is 17.8. The number of H-pyrrole nitrogens is 2. The van der Waals surface area contributed by atoms with Gasteiger partial charge in [-0.1, -0.05) is 18.2 Å². The van der Waals surface area contributed by atoms with Gasteiger partial charge in [0.1, 0.15) is 17.3 Å². The van der Waals surface area contributed by atoms with Crippen LogP contribution in [0.2, 0.25) is 0 Å². The van der Waals surface area contributed by atoms with E-state index in [1.165, 1.54) is 0 Å². The second-order valence-electron chi connectivity index (χ2n) is 7.41. The predicted molar refractivity (Wildman–Crippen MR) is 112 cm³/mol. The van der Waals surface area contributed by atoms with E-state index in [2.05, 4.69) is 19.9 Å². The molecule has 1 aliphatic heterocycles. The number of rotatable bonds is 4. The zero-order valence-corrected chi connectivity index (χ0v) is 16.3. The van der Waals surface area contributed by atoms with Gasteiger partial charge in [-0.25, -0.2) is 4.98 Å². The lowest BCUT2D eigenvalue weighted by molar-refractivity contribution is 0.0621. The Kier molecular flexibility index (Phi) is 4.44. The molecule has 2 aromatic heterocycles. The van der Waals surface area contributed by atoms with Crippen LogP contribution in [0.5, 0.6) is 5.75 Å². The van der Waals surface area contributed by atoms with Gasteiger partial charge in [-0.15, -0.1) is 0 Å². The summed E-state index contributed by atoms with van der Waals surface area (Å²) >= 11 is 0. The van der Waals surface area contributed by atoms with Gasteiger partial charge in [0.05, 0.1) is 24.7 Å². The van der Waals surface area contributed by atoms with Crippen molar-refractivity contribution in [2.75, 3.05) is 33.3 Å². The lowest BCUT2D eigenvalue weighted by atomic mass is 10.2. The average molecular weight is 389 g/mol. The van der Waals surface area contributed by atoms with Gasteiger partial charge < -0.3 is 19.6 Å². The molecule has 3 heterocycles. The largest absolute Gasteiger partial charge is 0.497 e. The summed E-state index contributed by atoms with van der Waals surface area (Å²) < 4.78 is 5.27. The van der Waals surface area contributed by atoms with Crippen LogP contribution in [0.25, 0.3) is 21.9 Å². The number of hydrogen-bond acceptors (Lipinski definition) is 4. The lowest BCUT2D eigenvalue weighted by Crippen LogP contribution is -2.48. The number of aromatic nitrogens is 3. The zero-order valence-electron chi connectivity index (χ0n) is 16.3. The van der Waals surface area contributed by atoms with E-state index in [4.69, 9.17) is 4.74 Å². The topological polar surface area (TPSA) is 77.2 Å². The first-order valence-corrected chi connectivity index (χ1v) is 9.81. The third-order valence-corrected chi connectivity index (χ3v) is 5.53. The van der Waals surface area contributed by atoms with E-state index >= 15 is 0 Å². The van der Waals surface area contributed by atoms with Crippen LogP contribution in [0.3, 0.4) is 0 Å². The van der Waals surface area contributed by atoms with Crippen molar-refractivity contribution in [1.29, 1.82) is 0 Å². The SMILES string of the molecule is COc1ccc2nc(CN3CCN(C(=O)c4cc5ccccc5[nH]4)CC3)[nH]c2c1. The Bertz CT molecular complexity index is 1140. The smallest absolute Gasteiger partial charge is 0.270 e. The molecule has 148 valence electrons. The molecule has 0 saturated carbocycles. The number of methoxy groups -OCH3 is 1. The molecule has 0 atom stereocenters. The molecular formula is C22H23N5O2. The van der Waals surface area contributed by atoms with Gasteiger partial charge >= 0.3 is 0 Å². The summed E-state index contributed by atoms with van der Waals surface area (Å²) in [5.74, 6) is 1.82. The van der Waals surface area contributed by atoms with E-state index in [1.807, 2.05) is 53.4 Å². The number of hydrogen-bond donors (Lipinski definition) is 2. The Morgan fingerprint density at radius 2 is 1.86 bits per heavy atom. The van der Waals surface area contributed by atoms with Crippen molar-refractivity contribution < 1.29 is 9.53 Å². The van der Waals surface area contributed by atoms with E-state index in [0.717, 1.165) is 53.1 Å². The summed E-state index contributed by atoms with van der Waals surface area (Å²) in [6.07, 6.45) is 0. The number of fused-ring (bicyclic) bond motifs is 2. The summed E-state index contributed by atoms with van der Waals surface area (Å²) in [5, 5.41) is 1.07. The number of nitrogens with one attached hydrogen (secondary N) is 2. The van der Waals surface area contributed by atoms with Gasteiger partial charge in [-0.05, 0) is 24.3 Å². The third kappa shape index (κ3) is 3.45. The van der Waals surface area contributed by atoms with Crippen molar-refractivity contribution in [1.82, 2.24) is 24.8 Å².